The van der Waals surface area contributed by atoms with Gasteiger partial charge >= 0.3 is 0 Å². The van der Waals surface area contributed by atoms with Crippen LogP contribution in [0, 0.1) is 0 Å². The van der Waals surface area contributed by atoms with E-state index in [1.807, 2.05) is 0 Å². The summed E-state index contributed by atoms with van der Waals surface area (Å²) < 4.78 is 6.03. The van der Waals surface area contributed by atoms with Crippen LogP contribution >= 0.6 is 0 Å². The Bertz CT molecular complexity index is 267. The van der Waals surface area contributed by atoms with Crippen molar-refractivity contribution in [1.29, 1.82) is 0 Å². The molecule has 2 rings (SSSR count). The van der Waals surface area contributed by atoms with Gasteiger partial charge in [0.15, 0.2) is 0 Å². The SMILES string of the molecule is CC1(C)CC(N2CC(O)C(O)C2)C(C)(C)O1. The van der Waals surface area contributed by atoms with Crippen molar-refractivity contribution in [2.24, 2.45) is 0 Å². The maximum absolute atomic E-state index is 9.60. The van der Waals surface area contributed by atoms with Gasteiger partial charge in [0.05, 0.1) is 23.4 Å². The van der Waals surface area contributed by atoms with Gasteiger partial charge in [0.25, 0.3) is 0 Å². The highest BCUT2D eigenvalue weighted by molar-refractivity contribution is 5.02. The number of aliphatic hydroxyl groups is 2. The zero-order chi connectivity index (χ0) is 12.1. The van der Waals surface area contributed by atoms with Crippen LogP contribution < -0.4 is 0 Å². The molecule has 0 aromatic rings. The third kappa shape index (κ3) is 2.12. The van der Waals surface area contributed by atoms with Crippen molar-refractivity contribution in [2.75, 3.05) is 13.1 Å². The third-order valence-electron chi connectivity index (χ3n) is 3.75. The van der Waals surface area contributed by atoms with Crippen molar-refractivity contribution in [2.45, 2.75) is 63.6 Å². The first kappa shape index (κ1) is 12.3. The fraction of sp³-hybridized carbons (Fsp3) is 1.00. The zero-order valence-electron chi connectivity index (χ0n) is 10.6. The molecule has 2 aliphatic heterocycles. The lowest BCUT2D eigenvalue weighted by Gasteiger charge is -2.33. The monoisotopic (exact) mass is 229 g/mol. The van der Waals surface area contributed by atoms with Gasteiger partial charge in [-0.3, -0.25) is 4.90 Å². The van der Waals surface area contributed by atoms with E-state index in [-0.39, 0.29) is 17.2 Å². The van der Waals surface area contributed by atoms with Crippen LogP contribution in [0.15, 0.2) is 0 Å². The average molecular weight is 229 g/mol. The van der Waals surface area contributed by atoms with Gasteiger partial charge in [0.1, 0.15) is 0 Å². The van der Waals surface area contributed by atoms with E-state index in [1.165, 1.54) is 0 Å². The van der Waals surface area contributed by atoms with Gasteiger partial charge in [0, 0.05) is 19.1 Å². The molecule has 16 heavy (non-hydrogen) atoms. The zero-order valence-corrected chi connectivity index (χ0v) is 10.6. The molecule has 2 heterocycles. The Hall–Kier alpha value is -0.160. The van der Waals surface area contributed by atoms with Gasteiger partial charge in [-0.1, -0.05) is 0 Å². The Labute approximate surface area is 97.2 Å². The standard InChI is InChI=1S/C12H23NO3/c1-11(2)5-10(12(3,4)16-11)13-6-8(14)9(15)7-13/h8-10,14-15H,5-7H2,1-4H3. The van der Waals surface area contributed by atoms with Crippen molar-refractivity contribution < 1.29 is 14.9 Å². The molecule has 2 N–H and O–H groups in total. The predicted molar refractivity (Wildman–Crippen MR) is 61.2 cm³/mol. The first-order valence-electron chi connectivity index (χ1n) is 6.02. The van der Waals surface area contributed by atoms with Crippen molar-refractivity contribution in [3.8, 4) is 0 Å². The molecule has 3 atom stereocenters. The molecule has 0 radical (unpaired) electrons. The molecule has 0 spiro atoms. The maximum Gasteiger partial charge on any atom is 0.0938 e. The van der Waals surface area contributed by atoms with E-state index >= 15 is 0 Å². The van der Waals surface area contributed by atoms with Crippen molar-refractivity contribution >= 4 is 0 Å². The molecule has 2 aliphatic rings. The van der Waals surface area contributed by atoms with E-state index < -0.39 is 12.2 Å². The number of aliphatic hydroxyl groups excluding tert-OH is 2. The Kier molecular flexibility index (Phi) is 2.82. The fourth-order valence-electron chi connectivity index (χ4n) is 3.15. The van der Waals surface area contributed by atoms with E-state index in [1.54, 1.807) is 0 Å². The highest BCUT2D eigenvalue weighted by Crippen LogP contribution is 2.41. The number of β-amino-alcohol motifs (C(OH)–C–C–N with tert-alkyl or cyclic N) is 2. The summed E-state index contributed by atoms with van der Waals surface area (Å²) in [4.78, 5) is 2.16. The molecule has 0 aromatic carbocycles. The first-order valence-corrected chi connectivity index (χ1v) is 6.02. The van der Waals surface area contributed by atoms with Crippen LogP contribution in [0.3, 0.4) is 0 Å². The summed E-state index contributed by atoms with van der Waals surface area (Å²) in [5.74, 6) is 0. The lowest BCUT2D eigenvalue weighted by Crippen LogP contribution is -2.45. The topological polar surface area (TPSA) is 52.9 Å². The van der Waals surface area contributed by atoms with Crippen LogP contribution in [0.25, 0.3) is 0 Å². The minimum absolute atomic E-state index is 0.118. The number of nitrogens with zero attached hydrogens (tertiary/aromatic N) is 1. The van der Waals surface area contributed by atoms with E-state index in [9.17, 15) is 10.2 Å². The van der Waals surface area contributed by atoms with E-state index in [2.05, 4.69) is 32.6 Å². The highest BCUT2D eigenvalue weighted by Gasteiger charge is 2.50. The molecule has 0 saturated carbocycles. The van der Waals surface area contributed by atoms with Crippen molar-refractivity contribution in [3.63, 3.8) is 0 Å². The van der Waals surface area contributed by atoms with Crippen LogP contribution in [-0.2, 0) is 4.74 Å². The second-order valence-electron chi connectivity index (χ2n) is 6.27. The average Bonchev–Trinajstić information content (AvgIpc) is 2.50. The van der Waals surface area contributed by atoms with Gasteiger partial charge < -0.3 is 14.9 Å². The lowest BCUT2D eigenvalue weighted by molar-refractivity contribution is -0.0795. The van der Waals surface area contributed by atoms with Crippen LogP contribution in [0.5, 0.6) is 0 Å². The first-order chi connectivity index (χ1) is 7.21. The molecule has 3 unspecified atom stereocenters. The van der Waals surface area contributed by atoms with Crippen molar-refractivity contribution in [1.82, 2.24) is 4.90 Å². The molecule has 4 heteroatoms. The smallest absolute Gasteiger partial charge is 0.0938 e. The van der Waals surface area contributed by atoms with Gasteiger partial charge in [-0.05, 0) is 34.1 Å². The minimum Gasteiger partial charge on any atom is -0.389 e. The molecule has 0 aromatic heterocycles. The summed E-state index contributed by atoms with van der Waals surface area (Å²) in [5.41, 5.74) is -0.333. The number of hydrogen-bond acceptors (Lipinski definition) is 4. The second kappa shape index (κ2) is 3.67. The Morgan fingerprint density at radius 1 is 1.06 bits per heavy atom. The van der Waals surface area contributed by atoms with E-state index in [0.717, 1.165) is 6.42 Å². The Morgan fingerprint density at radius 3 is 1.94 bits per heavy atom. The van der Waals surface area contributed by atoms with Gasteiger partial charge in [-0.2, -0.15) is 0 Å². The number of hydrogen-bond donors (Lipinski definition) is 2. The maximum atomic E-state index is 9.60. The summed E-state index contributed by atoms with van der Waals surface area (Å²) in [5, 5.41) is 19.2. The number of rotatable bonds is 1. The summed E-state index contributed by atoms with van der Waals surface area (Å²) in [6.45, 7) is 9.46. The highest BCUT2D eigenvalue weighted by atomic mass is 16.5. The molecular formula is C12H23NO3. The third-order valence-corrected chi connectivity index (χ3v) is 3.75. The van der Waals surface area contributed by atoms with Crippen LogP contribution in [0.2, 0.25) is 0 Å². The summed E-state index contributed by atoms with van der Waals surface area (Å²) in [6.07, 6.45) is -0.279. The number of likely N-dealkylation sites (tertiary alicyclic amines) is 1. The van der Waals surface area contributed by atoms with Crippen molar-refractivity contribution in [3.05, 3.63) is 0 Å². The molecule has 4 nitrogen and oxygen atoms in total. The molecular weight excluding hydrogens is 206 g/mol. The second-order valence-corrected chi connectivity index (χ2v) is 6.27. The molecule has 0 bridgehead atoms. The Balaban J connectivity index is 2.11. The largest absolute Gasteiger partial charge is 0.389 e. The van der Waals surface area contributed by atoms with Gasteiger partial charge in [-0.25, -0.2) is 0 Å². The minimum atomic E-state index is -0.612. The molecule has 0 amide bonds. The van der Waals surface area contributed by atoms with E-state index in [4.69, 9.17) is 4.74 Å². The fourth-order valence-corrected chi connectivity index (χ4v) is 3.15. The molecule has 2 fully saturated rings. The lowest BCUT2D eigenvalue weighted by atomic mass is 9.93. The Morgan fingerprint density at radius 2 is 1.56 bits per heavy atom. The van der Waals surface area contributed by atoms with Gasteiger partial charge in [-0.15, -0.1) is 0 Å². The molecule has 2 saturated heterocycles. The number of ether oxygens (including phenoxy) is 1. The van der Waals surface area contributed by atoms with E-state index in [0.29, 0.717) is 13.1 Å². The molecule has 94 valence electrons. The predicted octanol–water partition coefficient (Wildman–Crippen LogP) is 0.370. The molecule has 0 aliphatic carbocycles. The van der Waals surface area contributed by atoms with Gasteiger partial charge in [0.2, 0.25) is 0 Å². The summed E-state index contributed by atoms with van der Waals surface area (Å²) >= 11 is 0. The van der Waals surface area contributed by atoms with Crippen LogP contribution in [0.4, 0.5) is 0 Å². The van der Waals surface area contributed by atoms with Crippen LogP contribution in [0.1, 0.15) is 34.1 Å². The van der Waals surface area contributed by atoms with Crippen LogP contribution in [-0.4, -0.2) is 57.7 Å². The summed E-state index contributed by atoms with van der Waals surface area (Å²) in [7, 11) is 0. The normalized spacial score (nSPS) is 42.8. The quantitative estimate of drug-likeness (QED) is 0.682. The summed E-state index contributed by atoms with van der Waals surface area (Å²) in [6, 6.07) is 0.272.